The van der Waals surface area contributed by atoms with Gasteiger partial charge in [0.1, 0.15) is 0 Å². The molecule has 0 heterocycles. The van der Waals surface area contributed by atoms with Crippen LogP contribution >= 0.6 is 0 Å². The van der Waals surface area contributed by atoms with Gasteiger partial charge in [-0.15, -0.1) is 0 Å². The Bertz CT molecular complexity index is 346. The van der Waals surface area contributed by atoms with Crippen molar-refractivity contribution in [2.45, 2.75) is 4.90 Å². The van der Waals surface area contributed by atoms with Crippen molar-refractivity contribution in [3.63, 3.8) is 0 Å². The fraction of sp³-hybridized carbons (Fsp3) is 0. The summed E-state index contributed by atoms with van der Waals surface area (Å²) in [5.74, 6) is 0. The van der Waals surface area contributed by atoms with Gasteiger partial charge in [0.25, 0.3) is 10.1 Å². The van der Waals surface area contributed by atoms with Gasteiger partial charge in [-0.25, -0.2) is 0 Å². The number of nitrogens with two attached hydrogens (primary N) is 1. The zero-order valence-corrected chi connectivity index (χ0v) is 8.16. The van der Waals surface area contributed by atoms with Crippen molar-refractivity contribution in [1.29, 1.82) is 0 Å². The first-order valence-electron chi connectivity index (χ1n) is 2.83. The summed E-state index contributed by atoms with van der Waals surface area (Å²) < 4.78 is 29.4. The Morgan fingerprint density at radius 1 is 1.17 bits per heavy atom. The van der Waals surface area contributed by atoms with Crippen LogP contribution in [0.2, 0.25) is 0 Å². The molecule has 0 aliphatic rings. The van der Waals surface area contributed by atoms with Crippen LogP contribution in [-0.2, 0) is 32.5 Å². The Morgan fingerprint density at radius 3 is 1.92 bits per heavy atom. The van der Waals surface area contributed by atoms with E-state index in [9.17, 15) is 8.42 Å². The molecule has 1 aromatic carbocycles. The third-order valence-electron chi connectivity index (χ3n) is 1.18. The second-order valence-electron chi connectivity index (χ2n) is 2.04. The quantitative estimate of drug-likeness (QED) is 0.446. The molecule has 0 saturated carbocycles. The van der Waals surface area contributed by atoms with E-state index in [4.69, 9.17) is 10.3 Å². The van der Waals surface area contributed by atoms with Crippen molar-refractivity contribution in [3.8, 4) is 0 Å². The minimum absolute atomic E-state index is 0. The summed E-state index contributed by atoms with van der Waals surface area (Å²) in [5.41, 5.74) is 5.75. The Kier molecular flexibility index (Phi) is 3.95. The number of hydrogen-bond acceptors (Lipinski definition) is 3. The molecule has 6 heteroatoms. The first-order valence-corrected chi connectivity index (χ1v) is 4.27. The fourth-order valence-electron chi connectivity index (χ4n) is 0.640. The maximum absolute atomic E-state index is 10.5. The van der Waals surface area contributed by atoms with Gasteiger partial charge in [-0.1, -0.05) is 0 Å². The molecular weight excluding hydrogens is 274 g/mol. The average Bonchev–Trinajstić information content (AvgIpc) is 1.86. The molecule has 1 aromatic rings. The molecule has 0 bridgehead atoms. The SMILES string of the molecule is Nc1ccc(S(=O)(=O)O)cc1.[Ag]. The minimum atomic E-state index is -4.08. The van der Waals surface area contributed by atoms with Gasteiger partial charge in [0.15, 0.2) is 0 Å². The molecule has 1 radical (unpaired) electrons. The zero-order chi connectivity index (χ0) is 8.48. The summed E-state index contributed by atoms with van der Waals surface area (Å²) in [5, 5.41) is 0. The van der Waals surface area contributed by atoms with Gasteiger partial charge < -0.3 is 5.73 Å². The Labute approximate surface area is 86.0 Å². The first-order chi connectivity index (χ1) is 5.00. The third kappa shape index (κ3) is 2.96. The molecule has 0 saturated heterocycles. The van der Waals surface area contributed by atoms with E-state index in [1.165, 1.54) is 24.3 Å². The largest absolute Gasteiger partial charge is 0.399 e. The Balaban J connectivity index is 0.00000121. The van der Waals surface area contributed by atoms with Gasteiger partial charge in [-0.3, -0.25) is 4.55 Å². The van der Waals surface area contributed by atoms with Crippen molar-refractivity contribution in [3.05, 3.63) is 24.3 Å². The summed E-state index contributed by atoms with van der Waals surface area (Å²) in [4.78, 5) is -0.147. The van der Waals surface area contributed by atoms with Crippen molar-refractivity contribution in [2.24, 2.45) is 0 Å². The van der Waals surface area contributed by atoms with E-state index in [1.54, 1.807) is 0 Å². The van der Waals surface area contributed by atoms with Crippen molar-refractivity contribution >= 4 is 15.8 Å². The summed E-state index contributed by atoms with van der Waals surface area (Å²) >= 11 is 0. The smallest absolute Gasteiger partial charge is 0.294 e. The van der Waals surface area contributed by atoms with Gasteiger partial charge in [0.05, 0.1) is 4.90 Å². The molecule has 0 spiro atoms. The van der Waals surface area contributed by atoms with Crippen molar-refractivity contribution in [2.75, 3.05) is 5.73 Å². The van der Waals surface area contributed by atoms with Crippen molar-refractivity contribution < 1.29 is 35.4 Å². The molecule has 12 heavy (non-hydrogen) atoms. The Hall–Kier alpha value is -0.330. The minimum Gasteiger partial charge on any atom is -0.399 e. The predicted octanol–water partition coefficient (Wildman–Crippen LogP) is 0.513. The maximum Gasteiger partial charge on any atom is 0.294 e. The van der Waals surface area contributed by atoms with Crippen LogP contribution in [-0.4, -0.2) is 13.0 Å². The summed E-state index contributed by atoms with van der Waals surface area (Å²) in [6.07, 6.45) is 0. The van der Waals surface area contributed by atoms with Gasteiger partial charge >= 0.3 is 0 Å². The van der Waals surface area contributed by atoms with Crippen LogP contribution < -0.4 is 5.73 Å². The standard InChI is InChI=1S/C6H7NO3S.Ag/c7-5-1-3-6(4-2-5)11(8,9)10;/h1-4H,7H2,(H,8,9,10);. The topological polar surface area (TPSA) is 80.4 Å². The van der Waals surface area contributed by atoms with E-state index in [0.29, 0.717) is 5.69 Å². The van der Waals surface area contributed by atoms with E-state index in [2.05, 4.69) is 0 Å². The number of anilines is 1. The average molecular weight is 281 g/mol. The van der Waals surface area contributed by atoms with E-state index >= 15 is 0 Å². The fourth-order valence-corrected chi connectivity index (χ4v) is 1.12. The van der Waals surface area contributed by atoms with Gasteiger partial charge in [0, 0.05) is 28.1 Å². The zero-order valence-electron chi connectivity index (χ0n) is 5.86. The molecule has 0 atom stereocenters. The molecule has 71 valence electrons. The maximum atomic E-state index is 10.5. The summed E-state index contributed by atoms with van der Waals surface area (Å²) in [6.45, 7) is 0. The number of nitrogen functional groups attached to an aromatic ring is 1. The van der Waals surface area contributed by atoms with Crippen LogP contribution in [0.3, 0.4) is 0 Å². The monoisotopic (exact) mass is 280 g/mol. The van der Waals surface area contributed by atoms with E-state index < -0.39 is 10.1 Å². The van der Waals surface area contributed by atoms with Gasteiger partial charge in [-0.2, -0.15) is 8.42 Å². The van der Waals surface area contributed by atoms with E-state index in [-0.39, 0.29) is 27.3 Å². The van der Waals surface area contributed by atoms with Crippen LogP contribution in [0.5, 0.6) is 0 Å². The summed E-state index contributed by atoms with van der Waals surface area (Å²) in [6, 6.07) is 5.29. The summed E-state index contributed by atoms with van der Waals surface area (Å²) in [7, 11) is -4.08. The molecule has 0 amide bonds. The normalized spacial score (nSPS) is 10.4. The van der Waals surface area contributed by atoms with Crippen LogP contribution in [0.25, 0.3) is 0 Å². The predicted molar refractivity (Wildman–Crippen MR) is 40.7 cm³/mol. The van der Waals surface area contributed by atoms with Crippen molar-refractivity contribution in [1.82, 2.24) is 0 Å². The molecule has 0 aromatic heterocycles. The van der Waals surface area contributed by atoms with Crippen LogP contribution in [0.1, 0.15) is 0 Å². The Morgan fingerprint density at radius 2 is 1.58 bits per heavy atom. The number of benzene rings is 1. The third-order valence-corrected chi connectivity index (χ3v) is 2.05. The molecule has 0 fully saturated rings. The first kappa shape index (κ1) is 11.7. The van der Waals surface area contributed by atoms with E-state index in [0.717, 1.165) is 0 Å². The molecule has 0 aliphatic heterocycles. The molecule has 0 unspecified atom stereocenters. The van der Waals surface area contributed by atoms with Gasteiger partial charge in [-0.05, 0) is 24.3 Å². The van der Waals surface area contributed by atoms with Gasteiger partial charge in [0.2, 0.25) is 0 Å². The molecule has 1 rings (SSSR count). The number of hydrogen-bond donors (Lipinski definition) is 2. The molecular formula is C6H7AgNO3S. The molecule has 0 aliphatic carbocycles. The van der Waals surface area contributed by atoms with Crippen LogP contribution in [0.4, 0.5) is 5.69 Å². The number of rotatable bonds is 1. The molecule has 3 N–H and O–H groups in total. The van der Waals surface area contributed by atoms with E-state index in [1.807, 2.05) is 0 Å². The van der Waals surface area contributed by atoms with Crippen LogP contribution in [0.15, 0.2) is 29.2 Å². The molecule has 4 nitrogen and oxygen atoms in total. The second-order valence-corrected chi connectivity index (χ2v) is 3.47. The van der Waals surface area contributed by atoms with Crippen LogP contribution in [0, 0.1) is 0 Å². The second kappa shape index (κ2) is 4.06.